The van der Waals surface area contributed by atoms with Crippen molar-refractivity contribution in [2.45, 2.75) is 416 Å². The van der Waals surface area contributed by atoms with E-state index in [0.717, 1.165) is 64.2 Å². The third-order valence-electron chi connectivity index (χ3n) is 18.2. The van der Waals surface area contributed by atoms with Crippen LogP contribution in [-0.2, 0) is 23.8 Å². The number of hydrogen-bond donors (Lipinski definition) is 6. The van der Waals surface area contributed by atoms with E-state index in [0.29, 0.717) is 19.4 Å². The standard InChI is InChI=1S/C78H145NO10/c1-3-5-7-9-11-13-15-16-17-18-37-40-43-46-50-54-58-62-66-74(83)87-67-63-59-55-51-47-44-41-38-35-33-31-29-27-25-23-21-19-20-22-24-26-28-30-32-34-36-39-42-45-49-53-57-61-65-73(82)79-70(69-88-78-77(86)76(85)75(84)72(68-80)89-78)71(81)64-60-56-52-48-14-12-10-8-6-4-2/h17-18,23,25,29,31,60,64,70-72,75-78,80-81,84-86H,3-16,19-22,24,26-28,30,32-59,61-63,65-69H2,1-2H3,(H,79,82)/b18-17-,25-23-,31-29-,64-60+. The zero-order chi connectivity index (χ0) is 64.4. The monoisotopic (exact) mass is 1260 g/mol. The van der Waals surface area contributed by atoms with Gasteiger partial charge in [0.1, 0.15) is 24.4 Å². The highest BCUT2D eigenvalue weighted by molar-refractivity contribution is 5.76. The number of carbonyl (C=O) groups excluding carboxylic acids is 2. The van der Waals surface area contributed by atoms with Gasteiger partial charge in [0, 0.05) is 12.8 Å². The van der Waals surface area contributed by atoms with Crippen LogP contribution in [-0.4, -0.2) is 100 Å². The van der Waals surface area contributed by atoms with Crippen molar-refractivity contribution in [1.82, 2.24) is 5.32 Å². The van der Waals surface area contributed by atoms with Crippen molar-refractivity contribution in [3.8, 4) is 0 Å². The second-order valence-electron chi connectivity index (χ2n) is 26.7. The third kappa shape index (κ3) is 55.8. The summed E-state index contributed by atoms with van der Waals surface area (Å²) in [5, 5.41) is 54.4. The molecule has 1 heterocycles. The molecule has 7 unspecified atom stereocenters. The second kappa shape index (κ2) is 67.1. The molecule has 6 N–H and O–H groups in total. The van der Waals surface area contributed by atoms with Gasteiger partial charge in [0.2, 0.25) is 5.91 Å². The minimum Gasteiger partial charge on any atom is -0.466 e. The van der Waals surface area contributed by atoms with E-state index in [9.17, 15) is 35.1 Å². The highest BCUT2D eigenvalue weighted by atomic mass is 16.7. The highest BCUT2D eigenvalue weighted by Gasteiger charge is 2.44. The van der Waals surface area contributed by atoms with Gasteiger partial charge in [-0.25, -0.2) is 0 Å². The number of amides is 1. The van der Waals surface area contributed by atoms with Crippen molar-refractivity contribution in [1.29, 1.82) is 0 Å². The summed E-state index contributed by atoms with van der Waals surface area (Å²) >= 11 is 0. The van der Waals surface area contributed by atoms with Crippen molar-refractivity contribution >= 4 is 11.9 Å². The fourth-order valence-corrected chi connectivity index (χ4v) is 12.1. The number of aliphatic hydroxyl groups excluding tert-OH is 5. The SMILES string of the molecule is CCCCCCCCC/C=C\CCCCCCCCCC(=O)OCCCCCCCCCCC/C=C\C/C=C\CCCCCCCCCCCCCCCCCCCC(=O)NC(COC1OC(CO)C(O)C(O)C1O)C(O)/C=C/CCCCCCCCCC. The molecule has 0 radical (unpaired) electrons. The predicted octanol–water partition coefficient (Wildman–Crippen LogP) is 20.3. The Balaban J connectivity index is 1.90. The van der Waals surface area contributed by atoms with E-state index in [1.165, 1.54) is 283 Å². The molecule has 0 bridgehead atoms. The summed E-state index contributed by atoms with van der Waals surface area (Å²) in [6.45, 7) is 4.35. The number of ether oxygens (including phenoxy) is 3. The maximum atomic E-state index is 13.0. The van der Waals surface area contributed by atoms with E-state index < -0.39 is 49.5 Å². The summed E-state index contributed by atoms with van der Waals surface area (Å²) in [5.41, 5.74) is 0. The van der Waals surface area contributed by atoms with Crippen LogP contribution in [0.4, 0.5) is 0 Å². The van der Waals surface area contributed by atoms with Gasteiger partial charge < -0.3 is 45.1 Å². The Morgan fingerprint density at radius 3 is 1.15 bits per heavy atom. The Labute approximate surface area is 548 Å². The molecule has 0 spiro atoms. The van der Waals surface area contributed by atoms with Crippen LogP contribution < -0.4 is 5.32 Å². The van der Waals surface area contributed by atoms with E-state index in [1.807, 2.05) is 6.08 Å². The molecule has 7 atom stereocenters. The van der Waals surface area contributed by atoms with Crippen LogP contribution in [0.5, 0.6) is 0 Å². The zero-order valence-corrected chi connectivity index (χ0v) is 58.2. The summed E-state index contributed by atoms with van der Waals surface area (Å²) in [6, 6.07) is -0.808. The molecule has 0 saturated carbocycles. The lowest BCUT2D eigenvalue weighted by atomic mass is 9.99. The topological polar surface area (TPSA) is 175 Å². The molecule has 1 aliphatic heterocycles. The molecule has 0 aromatic heterocycles. The molecule has 1 amide bonds. The summed E-state index contributed by atoms with van der Waals surface area (Å²) in [7, 11) is 0. The number of aliphatic hydroxyl groups is 5. The van der Waals surface area contributed by atoms with Gasteiger partial charge in [0.25, 0.3) is 0 Å². The molecule has 0 aromatic rings. The molecular weight excluding hydrogens is 1110 g/mol. The maximum Gasteiger partial charge on any atom is 0.305 e. The van der Waals surface area contributed by atoms with Gasteiger partial charge in [-0.1, -0.05) is 319 Å². The number of carbonyl (C=O) groups is 2. The molecule has 0 aliphatic carbocycles. The van der Waals surface area contributed by atoms with Crippen LogP contribution >= 0.6 is 0 Å². The van der Waals surface area contributed by atoms with Gasteiger partial charge in [-0.3, -0.25) is 9.59 Å². The van der Waals surface area contributed by atoms with E-state index in [4.69, 9.17) is 14.2 Å². The van der Waals surface area contributed by atoms with Gasteiger partial charge in [-0.2, -0.15) is 0 Å². The highest BCUT2D eigenvalue weighted by Crippen LogP contribution is 2.23. The molecule has 1 aliphatic rings. The number of unbranched alkanes of at least 4 members (excludes halogenated alkanes) is 48. The summed E-state index contributed by atoms with van der Waals surface area (Å²) in [5.74, 6) is -0.176. The summed E-state index contributed by atoms with van der Waals surface area (Å²) in [6.07, 6.45) is 78.5. The molecule has 89 heavy (non-hydrogen) atoms. The minimum absolute atomic E-state index is 0.00432. The summed E-state index contributed by atoms with van der Waals surface area (Å²) < 4.78 is 16.7. The molecular formula is C78H145NO10. The Hall–Kier alpha value is -2.38. The first-order valence-electron chi connectivity index (χ1n) is 38.4. The second-order valence-corrected chi connectivity index (χ2v) is 26.7. The Kier molecular flexibility index (Phi) is 63.8. The molecule has 0 aromatic carbocycles. The van der Waals surface area contributed by atoms with Gasteiger partial charge in [-0.15, -0.1) is 0 Å². The Morgan fingerprint density at radius 2 is 0.753 bits per heavy atom. The first-order chi connectivity index (χ1) is 43.7. The van der Waals surface area contributed by atoms with Crippen molar-refractivity contribution in [2.75, 3.05) is 19.8 Å². The fourth-order valence-electron chi connectivity index (χ4n) is 12.1. The van der Waals surface area contributed by atoms with Crippen LogP contribution in [0.25, 0.3) is 0 Å². The average molecular weight is 1260 g/mol. The van der Waals surface area contributed by atoms with Crippen LogP contribution in [0.3, 0.4) is 0 Å². The molecule has 522 valence electrons. The third-order valence-corrected chi connectivity index (χ3v) is 18.2. The number of hydrogen-bond acceptors (Lipinski definition) is 10. The van der Waals surface area contributed by atoms with Crippen LogP contribution in [0.2, 0.25) is 0 Å². The number of nitrogens with one attached hydrogen (secondary N) is 1. The average Bonchev–Trinajstić information content (AvgIpc) is 1.88. The number of esters is 1. The van der Waals surface area contributed by atoms with Crippen LogP contribution in [0.15, 0.2) is 48.6 Å². The number of rotatable bonds is 68. The van der Waals surface area contributed by atoms with Crippen molar-refractivity contribution in [2.24, 2.45) is 0 Å². The van der Waals surface area contributed by atoms with Crippen molar-refractivity contribution in [3.63, 3.8) is 0 Å². The van der Waals surface area contributed by atoms with Gasteiger partial charge in [-0.05, 0) is 89.9 Å². The van der Waals surface area contributed by atoms with E-state index in [1.54, 1.807) is 6.08 Å². The predicted molar refractivity (Wildman–Crippen MR) is 375 cm³/mol. The maximum absolute atomic E-state index is 13.0. The largest absolute Gasteiger partial charge is 0.466 e. The fraction of sp³-hybridized carbons (Fsp3) is 0.872. The first kappa shape index (κ1) is 84.6. The minimum atomic E-state index is -1.57. The van der Waals surface area contributed by atoms with E-state index in [2.05, 4.69) is 55.6 Å². The Bertz CT molecular complexity index is 1620. The lowest BCUT2D eigenvalue weighted by Crippen LogP contribution is -2.60. The first-order valence-corrected chi connectivity index (χ1v) is 38.4. The summed E-state index contributed by atoms with van der Waals surface area (Å²) in [4.78, 5) is 25.2. The van der Waals surface area contributed by atoms with Crippen molar-refractivity contribution < 1.29 is 49.3 Å². The van der Waals surface area contributed by atoms with Crippen molar-refractivity contribution in [3.05, 3.63) is 48.6 Å². The Morgan fingerprint density at radius 1 is 0.416 bits per heavy atom. The molecule has 1 fully saturated rings. The molecule has 11 nitrogen and oxygen atoms in total. The lowest BCUT2D eigenvalue weighted by Gasteiger charge is -2.40. The van der Waals surface area contributed by atoms with E-state index >= 15 is 0 Å². The molecule has 1 saturated heterocycles. The zero-order valence-electron chi connectivity index (χ0n) is 58.2. The van der Waals surface area contributed by atoms with Gasteiger partial charge in [0.15, 0.2) is 6.29 Å². The smallest absolute Gasteiger partial charge is 0.305 e. The van der Waals surface area contributed by atoms with Gasteiger partial charge >= 0.3 is 5.97 Å². The molecule has 11 heteroatoms. The lowest BCUT2D eigenvalue weighted by molar-refractivity contribution is -0.302. The normalized spacial score (nSPS) is 17.9. The van der Waals surface area contributed by atoms with Crippen LogP contribution in [0, 0.1) is 0 Å². The quantitative estimate of drug-likeness (QED) is 0.0195. The van der Waals surface area contributed by atoms with Gasteiger partial charge in [0.05, 0.1) is 32.0 Å². The molecule has 1 rings (SSSR count). The van der Waals surface area contributed by atoms with E-state index in [-0.39, 0.29) is 18.5 Å². The van der Waals surface area contributed by atoms with Crippen LogP contribution in [0.1, 0.15) is 373 Å². The number of allylic oxidation sites excluding steroid dienone is 7.